The Bertz CT molecular complexity index is 955. The molecule has 1 amide bonds. The van der Waals surface area contributed by atoms with Crippen LogP contribution in [-0.2, 0) is 19.0 Å². The van der Waals surface area contributed by atoms with Gasteiger partial charge in [0, 0.05) is 25.6 Å². The summed E-state index contributed by atoms with van der Waals surface area (Å²) in [4.78, 5) is 30.7. The fraction of sp³-hybridized carbons (Fsp3) is 0.625. The molecule has 9 heteroatoms. The monoisotopic (exact) mass is 477 g/mol. The van der Waals surface area contributed by atoms with E-state index in [9.17, 15) is 9.59 Å². The Hall–Kier alpha value is -2.26. The van der Waals surface area contributed by atoms with Gasteiger partial charge in [-0.25, -0.2) is 14.6 Å². The summed E-state index contributed by atoms with van der Waals surface area (Å²) in [5, 5.41) is 1.01. The van der Waals surface area contributed by atoms with E-state index >= 15 is 0 Å². The van der Waals surface area contributed by atoms with Crippen LogP contribution in [0.5, 0.6) is 0 Å². The normalized spacial score (nSPS) is 19.0. The third-order valence-electron chi connectivity index (χ3n) is 5.49. The third kappa shape index (κ3) is 6.86. The molecule has 0 unspecified atom stereocenters. The fourth-order valence-electron chi connectivity index (χ4n) is 4.11. The number of likely N-dealkylation sites (tertiary alicyclic amines) is 1. The number of para-hydroxylation sites is 2. The van der Waals surface area contributed by atoms with Crippen LogP contribution in [0.15, 0.2) is 29.4 Å². The first kappa shape index (κ1) is 25.4. The van der Waals surface area contributed by atoms with Crippen molar-refractivity contribution in [1.29, 1.82) is 0 Å². The van der Waals surface area contributed by atoms with Gasteiger partial charge in [-0.1, -0.05) is 30.8 Å². The number of ether oxygens (including phenoxy) is 3. The maximum atomic E-state index is 12.5. The molecule has 182 valence electrons. The average molecular weight is 478 g/mol. The van der Waals surface area contributed by atoms with Crippen LogP contribution < -0.4 is 0 Å². The molecule has 0 bridgehead atoms. The molecule has 2 aromatic rings. The van der Waals surface area contributed by atoms with E-state index in [1.807, 2.05) is 45.2 Å². The molecule has 1 saturated heterocycles. The molecular formula is C24H35N3O5S. The minimum absolute atomic E-state index is 0.1000. The van der Waals surface area contributed by atoms with Gasteiger partial charge in [0.2, 0.25) is 0 Å². The predicted octanol–water partition coefficient (Wildman–Crippen LogP) is 4.53. The summed E-state index contributed by atoms with van der Waals surface area (Å²) >= 11 is 1.65. The van der Waals surface area contributed by atoms with E-state index in [-0.39, 0.29) is 31.3 Å². The average Bonchev–Trinajstić information content (AvgIpc) is 3.13. The summed E-state index contributed by atoms with van der Waals surface area (Å²) in [6.07, 6.45) is 3.13. The molecule has 8 nitrogen and oxygen atoms in total. The highest BCUT2D eigenvalue weighted by Crippen LogP contribution is 2.35. The van der Waals surface area contributed by atoms with Gasteiger partial charge in [-0.15, -0.1) is 0 Å². The number of imidazole rings is 1. The molecule has 33 heavy (non-hydrogen) atoms. The standard InChI is InChI=1S/C24H35N3O5S/c1-17-15-26(23(29)31-14-8-13-30-16-21(28)32-24(2,3)4)12-11-19(17)27-20-10-7-6-9-18(20)25-22(27)33-5/h6-7,9-10,17,19H,8,11-16H2,1-5H3/t17-,19-/m0/s1. The van der Waals surface area contributed by atoms with E-state index in [1.165, 1.54) is 0 Å². The maximum absolute atomic E-state index is 12.5. The molecule has 1 fully saturated rings. The first-order valence-electron chi connectivity index (χ1n) is 11.4. The van der Waals surface area contributed by atoms with Crippen molar-refractivity contribution >= 4 is 34.9 Å². The summed E-state index contributed by atoms with van der Waals surface area (Å²) in [5.41, 5.74) is 1.62. The smallest absolute Gasteiger partial charge is 0.409 e. The molecule has 0 spiro atoms. The van der Waals surface area contributed by atoms with Crippen molar-refractivity contribution in [2.24, 2.45) is 5.92 Å². The van der Waals surface area contributed by atoms with Crippen LogP contribution in [0.25, 0.3) is 11.0 Å². The van der Waals surface area contributed by atoms with Gasteiger partial charge in [0.1, 0.15) is 12.2 Å². The van der Waals surface area contributed by atoms with E-state index < -0.39 is 11.6 Å². The van der Waals surface area contributed by atoms with Crippen molar-refractivity contribution in [1.82, 2.24) is 14.5 Å². The molecule has 2 heterocycles. The zero-order chi connectivity index (χ0) is 24.0. The van der Waals surface area contributed by atoms with Crippen molar-refractivity contribution in [3.05, 3.63) is 24.3 Å². The Morgan fingerprint density at radius 1 is 1.21 bits per heavy atom. The first-order valence-corrected chi connectivity index (χ1v) is 12.6. The highest BCUT2D eigenvalue weighted by Gasteiger charge is 2.32. The second kappa shape index (κ2) is 11.2. The van der Waals surface area contributed by atoms with Crippen molar-refractivity contribution in [2.45, 2.75) is 57.3 Å². The number of carbonyl (C=O) groups is 2. The number of thioether (sulfide) groups is 1. The van der Waals surface area contributed by atoms with Crippen LogP contribution in [0.1, 0.15) is 46.6 Å². The molecule has 2 atom stereocenters. The van der Waals surface area contributed by atoms with E-state index in [2.05, 4.69) is 17.6 Å². The van der Waals surface area contributed by atoms with Gasteiger partial charge in [0.15, 0.2) is 5.16 Å². The molecule has 1 aromatic heterocycles. The van der Waals surface area contributed by atoms with Crippen LogP contribution in [0.3, 0.4) is 0 Å². The second-order valence-corrected chi connectivity index (χ2v) is 10.1. The SMILES string of the molecule is CSc1nc2ccccc2n1[C@H]1CCN(C(=O)OCCCOCC(=O)OC(C)(C)C)C[C@@H]1C. The van der Waals surface area contributed by atoms with Crippen molar-refractivity contribution < 1.29 is 23.8 Å². The number of amides is 1. The Morgan fingerprint density at radius 2 is 1.97 bits per heavy atom. The van der Waals surface area contributed by atoms with E-state index in [0.717, 1.165) is 22.6 Å². The van der Waals surface area contributed by atoms with Gasteiger partial charge in [-0.05, 0) is 51.5 Å². The van der Waals surface area contributed by atoms with Crippen molar-refractivity contribution in [3.63, 3.8) is 0 Å². The highest BCUT2D eigenvalue weighted by molar-refractivity contribution is 7.98. The minimum atomic E-state index is -0.525. The lowest BCUT2D eigenvalue weighted by molar-refractivity contribution is -0.160. The summed E-state index contributed by atoms with van der Waals surface area (Å²) in [7, 11) is 0. The number of carbonyl (C=O) groups excluding carboxylic acids is 2. The van der Waals surface area contributed by atoms with Gasteiger partial charge in [-0.2, -0.15) is 0 Å². The Labute approximate surface area is 199 Å². The minimum Gasteiger partial charge on any atom is -0.458 e. The largest absolute Gasteiger partial charge is 0.458 e. The summed E-state index contributed by atoms with van der Waals surface area (Å²) in [6.45, 7) is 9.38. The second-order valence-electron chi connectivity index (χ2n) is 9.34. The molecule has 1 aromatic carbocycles. The van der Waals surface area contributed by atoms with Crippen LogP contribution in [-0.4, -0.2) is 71.3 Å². The summed E-state index contributed by atoms with van der Waals surface area (Å²) in [5.74, 6) is -0.126. The first-order chi connectivity index (χ1) is 15.7. The molecule has 3 rings (SSSR count). The number of nitrogens with zero attached hydrogens (tertiary/aromatic N) is 3. The fourth-order valence-corrected chi connectivity index (χ4v) is 4.73. The number of fused-ring (bicyclic) bond motifs is 1. The lowest BCUT2D eigenvalue weighted by Gasteiger charge is -2.37. The van der Waals surface area contributed by atoms with Gasteiger partial charge >= 0.3 is 12.1 Å². The van der Waals surface area contributed by atoms with Crippen LogP contribution in [0.2, 0.25) is 0 Å². The predicted molar refractivity (Wildman–Crippen MR) is 129 cm³/mol. The van der Waals surface area contributed by atoms with Crippen molar-refractivity contribution in [3.8, 4) is 0 Å². The number of esters is 1. The maximum Gasteiger partial charge on any atom is 0.409 e. The quantitative estimate of drug-likeness (QED) is 0.314. The Balaban J connectivity index is 1.43. The van der Waals surface area contributed by atoms with Gasteiger partial charge in [0.05, 0.1) is 24.2 Å². The van der Waals surface area contributed by atoms with Crippen LogP contribution >= 0.6 is 11.8 Å². The van der Waals surface area contributed by atoms with Crippen molar-refractivity contribution in [2.75, 3.05) is 39.2 Å². The molecular weight excluding hydrogens is 442 g/mol. The molecule has 1 aliphatic rings. The van der Waals surface area contributed by atoms with E-state index in [1.54, 1.807) is 16.7 Å². The summed E-state index contributed by atoms with van der Waals surface area (Å²) < 4.78 is 18.2. The van der Waals surface area contributed by atoms with Crippen LogP contribution in [0, 0.1) is 5.92 Å². The number of rotatable bonds is 8. The molecule has 0 saturated carbocycles. The number of benzene rings is 1. The molecule has 0 N–H and O–H groups in total. The van der Waals surface area contributed by atoms with E-state index in [0.29, 0.717) is 26.1 Å². The topological polar surface area (TPSA) is 82.9 Å². The Morgan fingerprint density at radius 3 is 2.67 bits per heavy atom. The Kier molecular flexibility index (Phi) is 8.64. The molecule has 0 aliphatic carbocycles. The van der Waals surface area contributed by atoms with E-state index in [4.69, 9.17) is 19.2 Å². The molecule has 1 aliphatic heterocycles. The lowest BCUT2D eigenvalue weighted by Crippen LogP contribution is -2.44. The third-order valence-corrected chi connectivity index (χ3v) is 6.15. The number of hydrogen-bond acceptors (Lipinski definition) is 7. The highest BCUT2D eigenvalue weighted by atomic mass is 32.2. The number of piperidine rings is 1. The number of aromatic nitrogens is 2. The zero-order valence-electron chi connectivity index (χ0n) is 20.2. The molecule has 0 radical (unpaired) electrons. The summed E-state index contributed by atoms with van der Waals surface area (Å²) in [6, 6.07) is 8.48. The van der Waals surface area contributed by atoms with Gasteiger partial charge < -0.3 is 23.7 Å². The number of hydrogen-bond donors (Lipinski definition) is 0. The lowest BCUT2D eigenvalue weighted by atomic mass is 9.93. The van der Waals surface area contributed by atoms with Gasteiger partial charge in [-0.3, -0.25) is 0 Å². The van der Waals surface area contributed by atoms with Crippen LogP contribution in [0.4, 0.5) is 4.79 Å². The van der Waals surface area contributed by atoms with Gasteiger partial charge in [0.25, 0.3) is 0 Å². The zero-order valence-corrected chi connectivity index (χ0v) is 21.0.